The summed E-state index contributed by atoms with van der Waals surface area (Å²) in [6.07, 6.45) is 2.86. The van der Waals surface area contributed by atoms with Gasteiger partial charge in [-0.05, 0) is 0 Å². The molecule has 3 nitrogen and oxygen atoms in total. The zero-order chi connectivity index (χ0) is 8.83. The number of rotatable bonds is 2. The molecule has 0 spiro atoms. The summed E-state index contributed by atoms with van der Waals surface area (Å²) < 4.78 is 8.34. The first-order valence-electron chi connectivity index (χ1n) is 2.47. The third-order valence-electron chi connectivity index (χ3n) is 0.258. The number of hydrogen-bond donors (Lipinski definition) is 2. The van der Waals surface area contributed by atoms with Crippen LogP contribution in [0.15, 0.2) is 25.3 Å². The fraction of sp³-hybridized carbons (Fsp3) is 0.333. The summed E-state index contributed by atoms with van der Waals surface area (Å²) >= 11 is 0.300. The first-order valence-corrected chi connectivity index (χ1v) is 3.47. The fourth-order valence-electron chi connectivity index (χ4n) is 0. The van der Waals surface area contributed by atoms with Crippen molar-refractivity contribution in [3.05, 3.63) is 25.3 Å². The van der Waals surface area contributed by atoms with E-state index in [0.717, 1.165) is 0 Å². The molecule has 0 radical (unpaired) electrons. The molecule has 4 heteroatoms. The summed E-state index contributed by atoms with van der Waals surface area (Å²) in [5.41, 5.74) is 0. The Hall–Kier alpha value is 0.0831. The van der Waals surface area contributed by atoms with Gasteiger partial charge in [-0.2, -0.15) is 0 Å². The van der Waals surface area contributed by atoms with Crippen LogP contribution < -0.4 is 0 Å². The summed E-state index contributed by atoms with van der Waals surface area (Å²) in [5, 5.41) is 15.5. The average Bonchev–Trinajstić information content (AvgIpc) is 2.08. The van der Waals surface area contributed by atoms with Crippen molar-refractivity contribution in [2.75, 3.05) is 13.2 Å². The molecular formula is C6H12O3Zr. The van der Waals surface area contributed by atoms with Crippen LogP contribution in [-0.4, -0.2) is 23.4 Å². The average molecular weight is 223 g/mol. The van der Waals surface area contributed by atoms with Gasteiger partial charge in [-0.25, -0.2) is 0 Å². The Balaban J connectivity index is -0.0000000787. The summed E-state index contributed by atoms with van der Waals surface area (Å²) in [6, 6.07) is 0. The Morgan fingerprint density at radius 3 is 1.20 bits per heavy atom. The molecule has 0 atom stereocenters. The van der Waals surface area contributed by atoms with E-state index in [4.69, 9.17) is 13.0 Å². The third-order valence-corrected chi connectivity index (χ3v) is 0.258. The van der Waals surface area contributed by atoms with Crippen LogP contribution in [-0.2, 0) is 27.5 Å². The van der Waals surface area contributed by atoms with Gasteiger partial charge in [0.1, 0.15) is 0 Å². The number of hydrogen-bond acceptors (Lipinski definition) is 3. The van der Waals surface area contributed by atoms with Crippen molar-refractivity contribution in [2.24, 2.45) is 0 Å². The molecule has 0 fully saturated rings. The van der Waals surface area contributed by atoms with Crippen LogP contribution in [0.5, 0.6) is 0 Å². The molecule has 0 aliphatic rings. The predicted octanol–water partition coefficient (Wildman–Crippen LogP) is 0.208. The zero-order valence-corrected chi connectivity index (χ0v) is 8.24. The first-order chi connectivity index (χ1) is 4.83. The van der Waals surface area contributed by atoms with E-state index in [0.29, 0.717) is 24.7 Å². The van der Waals surface area contributed by atoms with Crippen molar-refractivity contribution in [1.82, 2.24) is 0 Å². The van der Waals surface area contributed by atoms with Gasteiger partial charge >= 0.3 is 27.5 Å². The summed E-state index contributed by atoms with van der Waals surface area (Å²) in [5.74, 6) is 0. The maximum absolute atomic E-state index is 8.34. The second-order valence-electron chi connectivity index (χ2n) is 0.942. The molecule has 2 N–H and O–H groups in total. The van der Waals surface area contributed by atoms with Gasteiger partial charge < -0.3 is 10.2 Å². The van der Waals surface area contributed by atoms with Crippen LogP contribution in [0.2, 0.25) is 0 Å². The van der Waals surface area contributed by atoms with E-state index in [9.17, 15) is 0 Å². The molecular weight excluding hydrogens is 211 g/mol. The van der Waals surface area contributed by atoms with E-state index in [1.807, 2.05) is 0 Å². The monoisotopic (exact) mass is 222 g/mol. The molecule has 0 unspecified atom stereocenters. The molecule has 58 valence electrons. The van der Waals surface area contributed by atoms with E-state index in [1.165, 1.54) is 12.2 Å². The van der Waals surface area contributed by atoms with E-state index in [1.54, 1.807) is 0 Å². The summed E-state index contributed by atoms with van der Waals surface area (Å²) in [4.78, 5) is 0. The van der Waals surface area contributed by atoms with E-state index in [-0.39, 0.29) is 13.2 Å². The van der Waals surface area contributed by atoms with E-state index < -0.39 is 0 Å². The standard InChI is InChI=1S/2C3H6O.O.Zr/c2*1-2-3-4;;/h2*2,4H,1,3H2;;. The Bertz CT molecular complexity index is 58.0. The van der Waals surface area contributed by atoms with Gasteiger partial charge in [0, 0.05) is 0 Å². The second kappa shape index (κ2) is 35.6. The van der Waals surface area contributed by atoms with Crippen LogP contribution in [0, 0.1) is 0 Å². The van der Waals surface area contributed by atoms with Crippen molar-refractivity contribution in [3.8, 4) is 0 Å². The van der Waals surface area contributed by atoms with Gasteiger partial charge in [-0.15, -0.1) is 13.2 Å². The molecule has 0 aliphatic carbocycles. The van der Waals surface area contributed by atoms with Gasteiger partial charge in [0.2, 0.25) is 0 Å². The maximum atomic E-state index is 8.34. The van der Waals surface area contributed by atoms with E-state index in [2.05, 4.69) is 13.2 Å². The van der Waals surface area contributed by atoms with Crippen molar-refractivity contribution < 1.29 is 37.7 Å². The van der Waals surface area contributed by atoms with Crippen LogP contribution >= 0.6 is 0 Å². The first kappa shape index (κ1) is 16.6. The Labute approximate surface area is 76.4 Å². The molecule has 0 saturated heterocycles. The minimum atomic E-state index is 0.0833. The molecule has 0 aromatic rings. The van der Waals surface area contributed by atoms with Gasteiger partial charge in [0.05, 0.1) is 13.2 Å². The molecule has 0 bridgehead atoms. The minimum absolute atomic E-state index is 0.0833. The van der Waals surface area contributed by atoms with Crippen LogP contribution in [0.25, 0.3) is 0 Å². The molecule has 0 aromatic carbocycles. The molecule has 0 aliphatic heterocycles. The normalized spacial score (nSPS) is 5.30. The molecule has 0 saturated carbocycles. The quantitative estimate of drug-likeness (QED) is 0.658. The molecule has 0 rings (SSSR count). The van der Waals surface area contributed by atoms with Crippen molar-refractivity contribution in [3.63, 3.8) is 0 Å². The van der Waals surface area contributed by atoms with Gasteiger partial charge in [-0.3, -0.25) is 0 Å². The zero-order valence-electron chi connectivity index (χ0n) is 5.79. The molecule has 0 aromatic heterocycles. The van der Waals surface area contributed by atoms with Gasteiger partial charge in [0.25, 0.3) is 0 Å². The Morgan fingerprint density at radius 1 is 1.10 bits per heavy atom. The molecule has 0 heterocycles. The van der Waals surface area contributed by atoms with Gasteiger partial charge in [-0.1, -0.05) is 12.2 Å². The second-order valence-corrected chi connectivity index (χ2v) is 0.942. The third kappa shape index (κ3) is 93.5. The van der Waals surface area contributed by atoms with Crippen molar-refractivity contribution in [1.29, 1.82) is 0 Å². The summed E-state index contributed by atoms with van der Waals surface area (Å²) in [6.45, 7) is 6.62. The fourth-order valence-corrected chi connectivity index (χ4v) is 0. The number of aliphatic hydroxyl groups is 2. The molecule has 0 amide bonds. The Morgan fingerprint density at radius 2 is 1.20 bits per heavy atom. The summed E-state index contributed by atoms with van der Waals surface area (Å²) in [7, 11) is 0. The van der Waals surface area contributed by atoms with E-state index >= 15 is 0 Å². The van der Waals surface area contributed by atoms with Crippen LogP contribution in [0.4, 0.5) is 0 Å². The predicted molar refractivity (Wildman–Crippen MR) is 35.3 cm³/mol. The SMILES string of the molecule is C=CCO.C=CCO.[O]=[Zr]. The van der Waals surface area contributed by atoms with Crippen molar-refractivity contribution in [2.45, 2.75) is 0 Å². The number of aliphatic hydroxyl groups excluding tert-OH is 2. The Kier molecular flexibility index (Phi) is 59.0. The van der Waals surface area contributed by atoms with Crippen LogP contribution in [0.1, 0.15) is 0 Å². The molecule has 10 heavy (non-hydrogen) atoms. The topological polar surface area (TPSA) is 57.5 Å². The van der Waals surface area contributed by atoms with Gasteiger partial charge in [0.15, 0.2) is 0 Å². The van der Waals surface area contributed by atoms with Crippen molar-refractivity contribution >= 4 is 0 Å². The van der Waals surface area contributed by atoms with Crippen LogP contribution in [0.3, 0.4) is 0 Å².